The first-order valence-electron chi connectivity index (χ1n) is 6.96. The average Bonchev–Trinajstić information content (AvgIpc) is 2.11. The number of hydrogen-bond donors (Lipinski definition) is 1. The normalized spacial score (nSPS) is 52.4. The third kappa shape index (κ3) is 2.02. The molecule has 0 aromatic carbocycles. The average molecular weight is 258 g/mol. The molecule has 1 N–H and O–H groups in total. The molecule has 5 atom stereocenters. The predicted molar refractivity (Wildman–Crippen MR) is 70.3 cm³/mol. The number of hydrogen-bond acceptors (Lipinski definition) is 2. The first kappa shape index (κ1) is 12.3. The maximum absolute atomic E-state index is 10.6. The molecule has 0 aliphatic heterocycles. The number of nitrogens with zero attached hydrogens (tertiary/aromatic N) is 1. The fourth-order valence-corrected chi connectivity index (χ4v) is 5.76. The highest BCUT2D eigenvalue weighted by Crippen LogP contribution is 2.63. The molecule has 3 heteroatoms. The van der Waals surface area contributed by atoms with E-state index in [4.69, 9.17) is 11.6 Å². The van der Waals surface area contributed by atoms with Gasteiger partial charge in [0.05, 0.1) is 10.5 Å². The first-order valence-corrected chi connectivity index (χ1v) is 7.34. The van der Waals surface area contributed by atoms with Gasteiger partial charge >= 0.3 is 0 Å². The van der Waals surface area contributed by atoms with Crippen molar-refractivity contribution >= 4 is 11.6 Å². The van der Waals surface area contributed by atoms with Crippen LogP contribution in [0.15, 0.2) is 0 Å². The van der Waals surface area contributed by atoms with Gasteiger partial charge in [-0.2, -0.15) is 0 Å². The Morgan fingerprint density at radius 3 is 2.65 bits per heavy atom. The highest BCUT2D eigenvalue weighted by Gasteiger charge is 2.61. The molecule has 17 heavy (non-hydrogen) atoms. The first-order chi connectivity index (χ1) is 7.90. The van der Waals surface area contributed by atoms with Crippen molar-refractivity contribution in [2.45, 2.75) is 49.0 Å². The molecule has 4 rings (SSSR count). The number of rotatable bonds is 3. The van der Waals surface area contributed by atoms with Gasteiger partial charge in [0.25, 0.3) is 0 Å². The standard InChI is InChI=1S/C14H24ClNO/c1-16(2)4-3-12-11-5-10-6-13(17,8-11)9-14(12,15)7-10/h10-12,17H,3-9H2,1-2H3/t10-,11+,12+,13-,14-/m0/s1. The maximum atomic E-state index is 10.6. The van der Waals surface area contributed by atoms with E-state index in [0.29, 0.717) is 17.8 Å². The summed E-state index contributed by atoms with van der Waals surface area (Å²) in [4.78, 5) is 2.16. The van der Waals surface area contributed by atoms with Crippen LogP contribution in [-0.4, -0.2) is 41.1 Å². The van der Waals surface area contributed by atoms with Gasteiger partial charge in [0.2, 0.25) is 0 Å². The van der Waals surface area contributed by atoms with Gasteiger partial charge in [-0.15, -0.1) is 11.6 Å². The van der Waals surface area contributed by atoms with E-state index in [1.165, 1.54) is 12.8 Å². The molecule has 4 aliphatic carbocycles. The van der Waals surface area contributed by atoms with E-state index in [0.717, 1.165) is 32.2 Å². The van der Waals surface area contributed by atoms with Gasteiger partial charge in [0.15, 0.2) is 0 Å². The topological polar surface area (TPSA) is 23.5 Å². The van der Waals surface area contributed by atoms with Crippen LogP contribution in [0.2, 0.25) is 0 Å². The molecule has 0 unspecified atom stereocenters. The zero-order valence-corrected chi connectivity index (χ0v) is 11.7. The summed E-state index contributed by atoms with van der Waals surface area (Å²) in [7, 11) is 4.26. The summed E-state index contributed by atoms with van der Waals surface area (Å²) in [6, 6.07) is 0. The Morgan fingerprint density at radius 1 is 1.29 bits per heavy atom. The van der Waals surface area contributed by atoms with Crippen LogP contribution in [0, 0.1) is 17.8 Å². The third-order valence-corrected chi connectivity index (χ3v) is 5.89. The lowest BCUT2D eigenvalue weighted by atomic mass is 9.49. The van der Waals surface area contributed by atoms with Crippen LogP contribution in [0.3, 0.4) is 0 Å². The van der Waals surface area contributed by atoms with Gasteiger partial charge < -0.3 is 10.0 Å². The smallest absolute Gasteiger partial charge is 0.0670 e. The van der Waals surface area contributed by atoms with Crippen LogP contribution in [-0.2, 0) is 0 Å². The second-order valence-electron chi connectivity index (χ2n) is 7.11. The van der Waals surface area contributed by atoms with Crippen LogP contribution < -0.4 is 0 Å². The highest BCUT2D eigenvalue weighted by atomic mass is 35.5. The van der Waals surface area contributed by atoms with E-state index < -0.39 is 5.60 Å². The lowest BCUT2D eigenvalue weighted by Crippen LogP contribution is -2.61. The zero-order chi connectivity index (χ0) is 12.3. The molecular formula is C14H24ClNO. The fraction of sp³-hybridized carbons (Fsp3) is 1.00. The van der Waals surface area contributed by atoms with E-state index in [2.05, 4.69) is 19.0 Å². The molecule has 0 heterocycles. The minimum Gasteiger partial charge on any atom is -0.390 e. The van der Waals surface area contributed by atoms with E-state index >= 15 is 0 Å². The fourth-order valence-electron chi connectivity index (χ4n) is 5.01. The van der Waals surface area contributed by atoms with E-state index in [1.807, 2.05) is 0 Å². The molecule has 4 bridgehead atoms. The molecule has 98 valence electrons. The SMILES string of the molecule is CN(C)CC[C@@H]1[C@@H]2C[C@H]3C[C@](O)(C2)C[C@@]1(Cl)C3. The van der Waals surface area contributed by atoms with Crippen molar-refractivity contribution in [2.75, 3.05) is 20.6 Å². The maximum Gasteiger partial charge on any atom is 0.0670 e. The molecule has 0 saturated heterocycles. The van der Waals surface area contributed by atoms with Gasteiger partial charge in [-0.25, -0.2) is 0 Å². The molecule has 0 spiro atoms. The molecule has 0 radical (unpaired) electrons. The van der Waals surface area contributed by atoms with E-state index in [1.54, 1.807) is 0 Å². The summed E-state index contributed by atoms with van der Waals surface area (Å²) >= 11 is 6.89. The molecule has 0 amide bonds. The summed E-state index contributed by atoms with van der Waals surface area (Å²) in [5, 5.41) is 10.6. The second-order valence-corrected chi connectivity index (χ2v) is 7.86. The van der Waals surface area contributed by atoms with Gasteiger partial charge in [0.1, 0.15) is 0 Å². The van der Waals surface area contributed by atoms with Crippen molar-refractivity contribution in [1.29, 1.82) is 0 Å². The molecule has 4 saturated carbocycles. The quantitative estimate of drug-likeness (QED) is 0.786. The Morgan fingerprint density at radius 2 is 2.06 bits per heavy atom. The van der Waals surface area contributed by atoms with Gasteiger partial charge in [-0.05, 0) is 76.9 Å². The van der Waals surface area contributed by atoms with Crippen LogP contribution in [0.5, 0.6) is 0 Å². The van der Waals surface area contributed by atoms with Crippen LogP contribution in [0.4, 0.5) is 0 Å². The van der Waals surface area contributed by atoms with Crippen molar-refractivity contribution < 1.29 is 5.11 Å². The van der Waals surface area contributed by atoms with Crippen molar-refractivity contribution in [3.63, 3.8) is 0 Å². The molecule has 4 aliphatic rings. The Kier molecular flexibility index (Phi) is 2.78. The second kappa shape index (κ2) is 3.85. The largest absolute Gasteiger partial charge is 0.390 e. The summed E-state index contributed by atoms with van der Waals surface area (Å²) in [6.07, 6.45) is 6.52. The summed E-state index contributed by atoms with van der Waals surface area (Å²) in [5.41, 5.74) is -0.414. The number of halogens is 1. The highest BCUT2D eigenvalue weighted by molar-refractivity contribution is 6.24. The Bertz CT molecular complexity index is 321. The third-order valence-electron chi connectivity index (χ3n) is 5.32. The van der Waals surface area contributed by atoms with E-state index in [-0.39, 0.29) is 4.87 Å². The Hall–Kier alpha value is 0.210. The lowest BCUT2D eigenvalue weighted by molar-refractivity contribution is -0.143. The van der Waals surface area contributed by atoms with Crippen molar-refractivity contribution in [3.8, 4) is 0 Å². The van der Waals surface area contributed by atoms with Crippen molar-refractivity contribution in [3.05, 3.63) is 0 Å². The monoisotopic (exact) mass is 257 g/mol. The summed E-state index contributed by atoms with van der Waals surface area (Å²) < 4.78 is 0. The molecule has 0 aromatic heterocycles. The molecule has 4 fully saturated rings. The van der Waals surface area contributed by atoms with E-state index in [9.17, 15) is 5.11 Å². The minimum atomic E-state index is -0.414. The van der Waals surface area contributed by atoms with Crippen LogP contribution in [0.1, 0.15) is 38.5 Å². The van der Waals surface area contributed by atoms with Crippen LogP contribution >= 0.6 is 11.6 Å². The van der Waals surface area contributed by atoms with Crippen molar-refractivity contribution in [1.82, 2.24) is 4.90 Å². The summed E-state index contributed by atoms with van der Waals surface area (Å²) in [5.74, 6) is 2.00. The Labute approximate surface area is 109 Å². The number of alkyl halides is 1. The molecule has 0 aromatic rings. The number of aliphatic hydroxyl groups is 1. The zero-order valence-electron chi connectivity index (χ0n) is 11.0. The van der Waals surface area contributed by atoms with Gasteiger partial charge in [-0.1, -0.05) is 0 Å². The molecular weight excluding hydrogens is 234 g/mol. The minimum absolute atomic E-state index is 0.0884. The predicted octanol–water partition coefficient (Wildman–Crippen LogP) is 2.49. The summed E-state index contributed by atoms with van der Waals surface area (Å²) in [6.45, 7) is 1.12. The lowest BCUT2D eigenvalue weighted by Gasteiger charge is -2.62. The van der Waals surface area contributed by atoms with Gasteiger partial charge in [0, 0.05) is 0 Å². The van der Waals surface area contributed by atoms with Crippen LogP contribution in [0.25, 0.3) is 0 Å². The molecule has 2 nitrogen and oxygen atoms in total. The van der Waals surface area contributed by atoms with Crippen molar-refractivity contribution in [2.24, 2.45) is 17.8 Å². The van der Waals surface area contributed by atoms with Gasteiger partial charge in [-0.3, -0.25) is 0 Å². The Balaban J connectivity index is 1.78.